The fraction of sp³-hybridized carbons (Fsp3) is 0.278. The number of hydrogen-bond donors (Lipinski definition) is 2. The molecule has 134 valence electrons. The number of nitrogens with one attached hydrogen (secondary N) is 2. The summed E-state index contributed by atoms with van der Waals surface area (Å²) in [5, 5.41) is 2.90. The average Bonchev–Trinajstić information content (AvgIpc) is 2.54. The minimum atomic E-state index is -3.56. The van der Waals surface area contributed by atoms with Gasteiger partial charge >= 0.3 is 0 Å². The minimum Gasteiger partial charge on any atom is -0.346 e. The maximum Gasteiger partial charge on any atom is 0.251 e. The van der Waals surface area contributed by atoms with Gasteiger partial charge in [0.15, 0.2) is 0 Å². The van der Waals surface area contributed by atoms with Crippen LogP contribution in [0.4, 0.5) is 0 Å². The maximum absolute atomic E-state index is 12.3. The monoisotopic (exact) mass is 424 g/mol. The molecule has 1 atom stereocenters. The maximum atomic E-state index is 12.3. The van der Waals surface area contributed by atoms with Gasteiger partial charge in [0.2, 0.25) is 10.0 Å². The number of hydrogen-bond acceptors (Lipinski definition) is 3. The Morgan fingerprint density at radius 3 is 2.04 bits per heavy atom. The Bertz CT molecular complexity index is 832. The van der Waals surface area contributed by atoms with E-state index in [1.165, 1.54) is 24.3 Å². The molecule has 1 amide bonds. The van der Waals surface area contributed by atoms with E-state index in [1.807, 2.05) is 31.2 Å². The molecule has 0 radical (unpaired) electrons. The Hall–Kier alpha value is -1.70. The first-order valence-electron chi connectivity index (χ1n) is 7.88. The lowest BCUT2D eigenvalue weighted by Gasteiger charge is -2.15. The first-order valence-corrected chi connectivity index (χ1v) is 10.2. The van der Waals surface area contributed by atoms with Gasteiger partial charge in [-0.2, -0.15) is 0 Å². The fourth-order valence-electron chi connectivity index (χ4n) is 2.28. The van der Waals surface area contributed by atoms with Crippen LogP contribution >= 0.6 is 15.9 Å². The van der Waals surface area contributed by atoms with Crippen molar-refractivity contribution in [3.8, 4) is 0 Å². The summed E-state index contributed by atoms with van der Waals surface area (Å²) in [6.07, 6.45) is 0. The second-order valence-corrected chi connectivity index (χ2v) is 8.68. The standard InChI is InChI=1S/C18H21BrN2O3S/c1-12(2)21-25(23,24)17-10-6-15(7-11-17)18(22)20-13(3)14-4-8-16(19)9-5-14/h4-13,21H,1-3H3,(H,20,22). The van der Waals surface area contributed by atoms with Gasteiger partial charge in [-0.1, -0.05) is 28.1 Å². The summed E-state index contributed by atoms with van der Waals surface area (Å²) in [6.45, 7) is 5.40. The van der Waals surface area contributed by atoms with E-state index >= 15 is 0 Å². The Labute approximate surface area is 157 Å². The van der Waals surface area contributed by atoms with Gasteiger partial charge in [-0.05, 0) is 62.7 Å². The number of halogens is 1. The molecule has 0 fully saturated rings. The molecule has 7 heteroatoms. The highest BCUT2D eigenvalue weighted by molar-refractivity contribution is 9.10. The van der Waals surface area contributed by atoms with E-state index < -0.39 is 10.0 Å². The molecule has 0 aliphatic heterocycles. The molecule has 0 saturated heterocycles. The van der Waals surface area contributed by atoms with E-state index in [-0.39, 0.29) is 22.9 Å². The van der Waals surface area contributed by atoms with Crippen molar-refractivity contribution in [2.24, 2.45) is 0 Å². The van der Waals surface area contributed by atoms with Crippen LogP contribution in [0.3, 0.4) is 0 Å². The molecule has 0 aliphatic carbocycles. The number of benzene rings is 2. The van der Waals surface area contributed by atoms with E-state index in [0.29, 0.717) is 5.56 Å². The zero-order valence-corrected chi connectivity index (χ0v) is 16.7. The van der Waals surface area contributed by atoms with Crippen LogP contribution in [-0.2, 0) is 10.0 Å². The van der Waals surface area contributed by atoms with Crippen molar-refractivity contribution in [1.29, 1.82) is 0 Å². The first kappa shape index (κ1) is 19.6. The normalized spacial score (nSPS) is 12.8. The van der Waals surface area contributed by atoms with E-state index in [2.05, 4.69) is 26.0 Å². The third-order valence-corrected chi connectivity index (χ3v) is 5.74. The van der Waals surface area contributed by atoms with E-state index in [4.69, 9.17) is 0 Å². The predicted molar refractivity (Wildman–Crippen MR) is 102 cm³/mol. The van der Waals surface area contributed by atoms with Crippen molar-refractivity contribution in [2.45, 2.75) is 37.8 Å². The molecule has 2 rings (SSSR count). The van der Waals surface area contributed by atoms with Crippen LogP contribution in [-0.4, -0.2) is 20.4 Å². The second kappa shape index (κ2) is 8.12. The van der Waals surface area contributed by atoms with Crippen molar-refractivity contribution in [3.63, 3.8) is 0 Å². The van der Waals surface area contributed by atoms with Crippen LogP contribution < -0.4 is 10.0 Å². The molecule has 25 heavy (non-hydrogen) atoms. The van der Waals surface area contributed by atoms with E-state index in [0.717, 1.165) is 10.0 Å². The summed E-state index contributed by atoms with van der Waals surface area (Å²) in [4.78, 5) is 12.5. The lowest BCUT2D eigenvalue weighted by molar-refractivity contribution is 0.0940. The molecule has 0 spiro atoms. The molecule has 2 aromatic rings. The number of carbonyl (C=O) groups is 1. The van der Waals surface area contributed by atoms with Crippen LogP contribution in [0.25, 0.3) is 0 Å². The summed E-state index contributed by atoms with van der Waals surface area (Å²) in [5.74, 6) is -0.254. The number of rotatable bonds is 6. The van der Waals surface area contributed by atoms with Crippen LogP contribution in [0.15, 0.2) is 57.9 Å². The van der Waals surface area contributed by atoms with Crippen LogP contribution in [0.1, 0.15) is 42.7 Å². The highest BCUT2D eigenvalue weighted by atomic mass is 79.9. The molecule has 0 aromatic heterocycles. The van der Waals surface area contributed by atoms with Gasteiger partial charge in [0.1, 0.15) is 0 Å². The summed E-state index contributed by atoms with van der Waals surface area (Å²) in [6, 6.07) is 13.2. The van der Waals surface area contributed by atoms with Crippen molar-refractivity contribution >= 4 is 31.9 Å². The largest absolute Gasteiger partial charge is 0.346 e. The van der Waals surface area contributed by atoms with Gasteiger partial charge in [-0.15, -0.1) is 0 Å². The minimum absolute atomic E-state index is 0.138. The van der Waals surface area contributed by atoms with Crippen LogP contribution in [0, 0.1) is 0 Å². The van der Waals surface area contributed by atoms with Crippen LogP contribution in [0.5, 0.6) is 0 Å². The van der Waals surface area contributed by atoms with Gasteiger partial charge in [0.25, 0.3) is 5.91 Å². The highest BCUT2D eigenvalue weighted by Crippen LogP contribution is 2.17. The van der Waals surface area contributed by atoms with Crippen LogP contribution in [0.2, 0.25) is 0 Å². The highest BCUT2D eigenvalue weighted by Gasteiger charge is 2.17. The summed E-state index contributed by atoms with van der Waals surface area (Å²) in [5.41, 5.74) is 1.39. The quantitative estimate of drug-likeness (QED) is 0.742. The molecule has 2 aromatic carbocycles. The van der Waals surface area contributed by atoms with Crippen molar-refractivity contribution in [1.82, 2.24) is 10.0 Å². The predicted octanol–water partition coefficient (Wildman–Crippen LogP) is 3.63. The summed E-state index contributed by atoms with van der Waals surface area (Å²) < 4.78 is 27.7. The lowest BCUT2D eigenvalue weighted by Crippen LogP contribution is -2.30. The van der Waals surface area contributed by atoms with Gasteiger partial charge in [-0.25, -0.2) is 13.1 Å². The van der Waals surface area contributed by atoms with Gasteiger partial charge in [-0.3, -0.25) is 4.79 Å². The summed E-state index contributed by atoms with van der Waals surface area (Å²) in [7, 11) is -3.56. The number of sulfonamides is 1. The zero-order valence-electron chi connectivity index (χ0n) is 14.3. The van der Waals surface area contributed by atoms with Crippen molar-refractivity contribution in [3.05, 3.63) is 64.1 Å². The average molecular weight is 425 g/mol. The van der Waals surface area contributed by atoms with E-state index in [1.54, 1.807) is 13.8 Å². The third kappa shape index (κ3) is 5.39. The molecule has 2 N–H and O–H groups in total. The molecular weight excluding hydrogens is 404 g/mol. The lowest BCUT2D eigenvalue weighted by atomic mass is 10.1. The summed E-state index contributed by atoms with van der Waals surface area (Å²) >= 11 is 3.38. The second-order valence-electron chi connectivity index (χ2n) is 6.05. The molecule has 0 heterocycles. The van der Waals surface area contributed by atoms with Gasteiger partial charge in [0, 0.05) is 16.1 Å². The van der Waals surface area contributed by atoms with Crippen molar-refractivity contribution in [2.75, 3.05) is 0 Å². The molecule has 0 saturated carbocycles. The van der Waals surface area contributed by atoms with Gasteiger partial charge < -0.3 is 5.32 Å². The molecule has 0 bridgehead atoms. The van der Waals surface area contributed by atoms with Crippen molar-refractivity contribution < 1.29 is 13.2 Å². The SMILES string of the molecule is CC(C)NS(=O)(=O)c1ccc(C(=O)NC(C)c2ccc(Br)cc2)cc1. The molecule has 1 unspecified atom stereocenters. The number of carbonyl (C=O) groups excluding carboxylic acids is 1. The zero-order chi connectivity index (χ0) is 18.6. The first-order chi connectivity index (χ1) is 11.7. The Morgan fingerprint density at radius 2 is 1.52 bits per heavy atom. The number of amides is 1. The fourth-order valence-corrected chi connectivity index (χ4v) is 3.79. The molecule has 5 nitrogen and oxygen atoms in total. The Morgan fingerprint density at radius 1 is 0.960 bits per heavy atom. The van der Waals surface area contributed by atoms with Gasteiger partial charge in [0.05, 0.1) is 10.9 Å². The topological polar surface area (TPSA) is 75.3 Å². The smallest absolute Gasteiger partial charge is 0.251 e. The Balaban J connectivity index is 2.09. The molecule has 0 aliphatic rings. The Kier molecular flexibility index (Phi) is 6.37. The third-order valence-electron chi connectivity index (χ3n) is 3.54. The molecular formula is C18H21BrN2O3S. The van der Waals surface area contributed by atoms with E-state index in [9.17, 15) is 13.2 Å².